The van der Waals surface area contributed by atoms with E-state index in [1.807, 2.05) is 0 Å². The number of phenols is 1. The number of nitrogens with one attached hydrogen (secondary N) is 1. The summed E-state index contributed by atoms with van der Waals surface area (Å²) in [6.45, 7) is 5.16. The largest absolute Gasteiger partial charge is 0.508 e. The summed E-state index contributed by atoms with van der Waals surface area (Å²) in [4.78, 5) is 5.19. The number of halogens is 1. The number of phenolic OH excluding ortho intramolecular Hbond substituents is 1. The number of hydroxylamine groups is 1. The van der Waals surface area contributed by atoms with Crippen LogP contribution in [0, 0.1) is 5.92 Å². The minimum absolute atomic E-state index is 0.183. The number of hydrogen-bond donors (Lipinski definition) is 2. The van der Waals surface area contributed by atoms with Gasteiger partial charge in [-0.15, -0.1) is 0 Å². The number of hydrogen-bond acceptors (Lipinski definition) is 3. The maximum absolute atomic E-state index is 9.52. The Kier molecular flexibility index (Phi) is 4.88. The van der Waals surface area contributed by atoms with Crippen LogP contribution in [0.5, 0.6) is 5.75 Å². The van der Waals surface area contributed by atoms with Crippen LogP contribution in [0.15, 0.2) is 18.2 Å². The third kappa shape index (κ3) is 4.08. The molecule has 1 aromatic rings. The summed E-state index contributed by atoms with van der Waals surface area (Å²) in [5.41, 5.74) is 3.43. The van der Waals surface area contributed by atoms with Crippen molar-refractivity contribution in [3.05, 3.63) is 28.8 Å². The maximum Gasteiger partial charge on any atom is 0.121 e. The van der Waals surface area contributed by atoms with E-state index < -0.39 is 0 Å². The van der Waals surface area contributed by atoms with E-state index in [4.69, 9.17) is 16.4 Å². The molecular weight excluding hydrogens is 214 g/mol. The predicted octanol–water partition coefficient (Wildman–Crippen LogP) is 2.72. The molecule has 1 aromatic carbocycles. The van der Waals surface area contributed by atoms with Crippen molar-refractivity contribution in [1.29, 1.82) is 0 Å². The van der Waals surface area contributed by atoms with Gasteiger partial charge >= 0.3 is 0 Å². The zero-order valence-corrected chi connectivity index (χ0v) is 9.71. The molecule has 0 atom stereocenters. The Bertz CT molecular complexity index is 295. The van der Waals surface area contributed by atoms with Crippen LogP contribution in [-0.4, -0.2) is 11.7 Å². The summed E-state index contributed by atoms with van der Waals surface area (Å²) >= 11 is 5.92. The fraction of sp³-hybridized carbons (Fsp3) is 0.455. The van der Waals surface area contributed by atoms with E-state index in [1.54, 1.807) is 18.2 Å². The van der Waals surface area contributed by atoms with Crippen LogP contribution in [0.2, 0.25) is 5.02 Å². The van der Waals surface area contributed by atoms with Crippen molar-refractivity contribution in [1.82, 2.24) is 5.48 Å². The standard InChI is InChI=1S/C11H16ClNO2/c1-8(2)7-15-13-6-9-10(12)4-3-5-11(9)14/h3-5,8,13-14H,6-7H2,1-2H3. The Balaban J connectivity index is 2.43. The lowest BCUT2D eigenvalue weighted by molar-refractivity contribution is 0.0193. The Morgan fingerprint density at radius 2 is 2.20 bits per heavy atom. The van der Waals surface area contributed by atoms with Gasteiger partial charge < -0.3 is 9.94 Å². The van der Waals surface area contributed by atoms with E-state index in [2.05, 4.69) is 19.3 Å². The topological polar surface area (TPSA) is 41.5 Å². The minimum atomic E-state index is 0.183. The second kappa shape index (κ2) is 5.95. The van der Waals surface area contributed by atoms with Gasteiger partial charge in [-0.2, -0.15) is 5.48 Å². The lowest BCUT2D eigenvalue weighted by Crippen LogP contribution is -2.17. The molecule has 0 radical (unpaired) electrons. The first-order valence-corrected chi connectivity index (χ1v) is 5.30. The van der Waals surface area contributed by atoms with Gasteiger partial charge in [0.05, 0.1) is 13.2 Å². The van der Waals surface area contributed by atoms with E-state index in [9.17, 15) is 5.11 Å². The molecule has 0 saturated heterocycles. The molecule has 0 saturated carbocycles. The van der Waals surface area contributed by atoms with Crippen LogP contribution in [0.3, 0.4) is 0 Å². The fourth-order valence-corrected chi connectivity index (χ4v) is 1.31. The Morgan fingerprint density at radius 3 is 2.80 bits per heavy atom. The van der Waals surface area contributed by atoms with E-state index in [-0.39, 0.29) is 5.75 Å². The molecule has 0 aromatic heterocycles. The lowest BCUT2D eigenvalue weighted by Gasteiger charge is -2.10. The summed E-state index contributed by atoms with van der Waals surface area (Å²) in [6, 6.07) is 5.04. The first-order valence-electron chi connectivity index (χ1n) is 4.92. The first kappa shape index (κ1) is 12.3. The molecule has 3 nitrogen and oxygen atoms in total. The summed E-state index contributed by atoms with van der Waals surface area (Å²) in [5, 5.41) is 10.1. The van der Waals surface area contributed by atoms with Gasteiger partial charge in [0.25, 0.3) is 0 Å². The van der Waals surface area contributed by atoms with Crippen molar-refractivity contribution < 1.29 is 9.94 Å². The lowest BCUT2D eigenvalue weighted by atomic mass is 10.2. The Morgan fingerprint density at radius 1 is 1.47 bits per heavy atom. The zero-order chi connectivity index (χ0) is 11.3. The van der Waals surface area contributed by atoms with Gasteiger partial charge in [0.1, 0.15) is 5.75 Å². The summed E-state index contributed by atoms with van der Waals surface area (Å²) in [5.74, 6) is 0.653. The van der Waals surface area contributed by atoms with E-state index in [0.29, 0.717) is 29.7 Å². The van der Waals surface area contributed by atoms with Gasteiger partial charge in [-0.05, 0) is 18.1 Å². The first-order chi connectivity index (χ1) is 7.11. The molecule has 0 aliphatic carbocycles. The van der Waals surface area contributed by atoms with Gasteiger partial charge in [-0.25, -0.2) is 0 Å². The number of aromatic hydroxyl groups is 1. The average Bonchev–Trinajstić information content (AvgIpc) is 2.15. The molecule has 0 amide bonds. The molecule has 0 aliphatic rings. The maximum atomic E-state index is 9.52. The molecule has 2 N–H and O–H groups in total. The van der Waals surface area contributed by atoms with Gasteiger partial charge in [0.15, 0.2) is 0 Å². The quantitative estimate of drug-likeness (QED) is 0.603. The molecule has 0 fully saturated rings. The van der Waals surface area contributed by atoms with Crippen molar-refractivity contribution in [2.24, 2.45) is 5.92 Å². The van der Waals surface area contributed by atoms with Crippen LogP contribution in [0.4, 0.5) is 0 Å². The molecule has 4 heteroatoms. The smallest absolute Gasteiger partial charge is 0.121 e. The monoisotopic (exact) mass is 229 g/mol. The summed E-state index contributed by atoms with van der Waals surface area (Å²) in [7, 11) is 0. The van der Waals surface area contributed by atoms with Crippen LogP contribution in [0.25, 0.3) is 0 Å². The highest BCUT2D eigenvalue weighted by atomic mass is 35.5. The van der Waals surface area contributed by atoms with Gasteiger partial charge in [0.2, 0.25) is 0 Å². The molecule has 0 aliphatic heterocycles. The van der Waals surface area contributed by atoms with Gasteiger partial charge in [-0.1, -0.05) is 31.5 Å². The molecular formula is C11H16ClNO2. The molecule has 84 valence electrons. The van der Waals surface area contributed by atoms with Crippen molar-refractivity contribution in [3.8, 4) is 5.75 Å². The van der Waals surface area contributed by atoms with Crippen molar-refractivity contribution in [2.75, 3.05) is 6.61 Å². The van der Waals surface area contributed by atoms with Crippen LogP contribution in [-0.2, 0) is 11.4 Å². The molecule has 1 rings (SSSR count). The number of rotatable bonds is 5. The van der Waals surface area contributed by atoms with Crippen LogP contribution < -0.4 is 5.48 Å². The summed E-state index contributed by atoms with van der Waals surface area (Å²) < 4.78 is 0. The van der Waals surface area contributed by atoms with Crippen molar-refractivity contribution in [3.63, 3.8) is 0 Å². The zero-order valence-electron chi connectivity index (χ0n) is 8.96. The highest BCUT2D eigenvalue weighted by molar-refractivity contribution is 6.31. The second-order valence-electron chi connectivity index (χ2n) is 3.76. The van der Waals surface area contributed by atoms with E-state index >= 15 is 0 Å². The highest BCUT2D eigenvalue weighted by Gasteiger charge is 2.05. The van der Waals surface area contributed by atoms with Crippen LogP contribution >= 0.6 is 11.6 Å². The molecule has 15 heavy (non-hydrogen) atoms. The minimum Gasteiger partial charge on any atom is -0.508 e. The predicted molar refractivity (Wildman–Crippen MR) is 60.7 cm³/mol. The second-order valence-corrected chi connectivity index (χ2v) is 4.17. The van der Waals surface area contributed by atoms with E-state index in [1.165, 1.54) is 0 Å². The molecule has 0 unspecified atom stereocenters. The molecule has 0 bridgehead atoms. The Hall–Kier alpha value is -0.770. The van der Waals surface area contributed by atoms with Crippen molar-refractivity contribution in [2.45, 2.75) is 20.4 Å². The van der Waals surface area contributed by atoms with Crippen LogP contribution in [0.1, 0.15) is 19.4 Å². The normalized spacial score (nSPS) is 10.9. The van der Waals surface area contributed by atoms with E-state index in [0.717, 1.165) is 0 Å². The average molecular weight is 230 g/mol. The number of benzene rings is 1. The van der Waals surface area contributed by atoms with Gasteiger partial charge in [0, 0.05) is 10.6 Å². The highest BCUT2D eigenvalue weighted by Crippen LogP contribution is 2.24. The third-order valence-electron chi connectivity index (χ3n) is 1.86. The van der Waals surface area contributed by atoms with Gasteiger partial charge in [-0.3, -0.25) is 0 Å². The van der Waals surface area contributed by atoms with Crippen molar-refractivity contribution >= 4 is 11.6 Å². The third-order valence-corrected chi connectivity index (χ3v) is 2.22. The molecule has 0 heterocycles. The Labute approximate surface area is 95.0 Å². The fourth-order valence-electron chi connectivity index (χ4n) is 1.07. The SMILES string of the molecule is CC(C)CONCc1c(O)cccc1Cl. The summed E-state index contributed by atoms with van der Waals surface area (Å²) in [6.07, 6.45) is 0. The molecule has 0 spiro atoms.